The number of nitrogens with zero attached hydrogens (tertiary/aromatic N) is 1. The molecule has 0 aliphatic carbocycles. The second-order valence-corrected chi connectivity index (χ2v) is 5.83. The fourth-order valence-corrected chi connectivity index (χ4v) is 2.69. The molecular weight excluding hydrogens is 250 g/mol. The molecule has 1 aromatic carbocycles. The van der Waals surface area contributed by atoms with E-state index in [0.717, 1.165) is 17.7 Å². The molecule has 2 atom stereocenters. The van der Waals surface area contributed by atoms with Crippen molar-refractivity contribution < 1.29 is 4.74 Å². The SMILES string of the molecule is CCC(C)(C(NN)c1ccc(C)c(C)c1OC)N(C)C. The molecule has 0 saturated heterocycles. The van der Waals surface area contributed by atoms with Crippen LogP contribution in [0.3, 0.4) is 0 Å². The van der Waals surface area contributed by atoms with Crippen LogP contribution in [0.4, 0.5) is 0 Å². The molecule has 2 unspecified atom stereocenters. The average Bonchev–Trinajstić information content (AvgIpc) is 2.43. The van der Waals surface area contributed by atoms with Gasteiger partial charge in [-0.3, -0.25) is 11.3 Å². The molecule has 0 amide bonds. The fourth-order valence-electron chi connectivity index (χ4n) is 2.69. The van der Waals surface area contributed by atoms with Gasteiger partial charge in [-0.15, -0.1) is 0 Å². The highest BCUT2D eigenvalue weighted by atomic mass is 16.5. The van der Waals surface area contributed by atoms with E-state index in [4.69, 9.17) is 10.6 Å². The first-order valence-corrected chi connectivity index (χ1v) is 7.11. The van der Waals surface area contributed by atoms with Gasteiger partial charge in [0.1, 0.15) is 5.75 Å². The monoisotopic (exact) mass is 279 g/mol. The van der Waals surface area contributed by atoms with Crippen LogP contribution in [-0.2, 0) is 0 Å². The standard InChI is InChI=1S/C16H29N3O/c1-8-16(4,19(5)6)15(18-17)13-10-9-11(2)12(3)14(13)20-7/h9-10,15,18H,8,17H2,1-7H3. The lowest BCUT2D eigenvalue weighted by molar-refractivity contribution is 0.111. The van der Waals surface area contributed by atoms with E-state index in [0.29, 0.717) is 0 Å². The predicted molar refractivity (Wildman–Crippen MR) is 84.9 cm³/mol. The summed E-state index contributed by atoms with van der Waals surface area (Å²) >= 11 is 0. The van der Waals surface area contributed by atoms with E-state index in [2.05, 4.69) is 64.2 Å². The number of hydrogen-bond acceptors (Lipinski definition) is 4. The Morgan fingerprint density at radius 1 is 1.35 bits per heavy atom. The van der Waals surface area contributed by atoms with E-state index in [-0.39, 0.29) is 11.6 Å². The third kappa shape index (κ3) is 2.82. The van der Waals surface area contributed by atoms with Gasteiger partial charge in [-0.1, -0.05) is 19.1 Å². The van der Waals surface area contributed by atoms with E-state index in [1.165, 1.54) is 11.1 Å². The third-order valence-electron chi connectivity index (χ3n) is 4.75. The lowest BCUT2D eigenvalue weighted by Gasteiger charge is -2.43. The van der Waals surface area contributed by atoms with Crippen LogP contribution in [0.15, 0.2) is 12.1 Å². The fraction of sp³-hybridized carbons (Fsp3) is 0.625. The van der Waals surface area contributed by atoms with Crippen molar-refractivity contribution in [3.05, 3.63) is 28.8 Å². The minimum Gasteiger partial charge on any atom is -0.496 e. The Hall–Kier alpha value is -1.10. The lowest BCUT2D eigenvalue weighted by Crippen LogP contribution is -2.53. The van der Waals surface area contributed by atoms with E-state index in [1.54, 1.807) is 7.11 Å². The topological polar surface area (TPSA) is 50.5 Å². The number of nitrogens with one attached hydrogen (secondary N) is 1. The molecule has 4 heteroatoms. The van der Waals surface area contributed by atoms with Gasteiger partial charge in [0.25, 0.3) is 0 Å². The van der Waals surface area contributed by atoms with Crippen LogP contribution in [0.25, 0.3) is 0 Å². The molecule has 1 rings (SSSR count). The van der Waals surface area contributed by atoms with Crippen molar-refractivity contribution in [1.82, 2.24) is 10.3 Å². The maximum atomic E-state index is 5.88. The van der Waals surface area contributed by atoms with Gasteiger partial charge in [-0.2, -0.15) is 0 Å². The number of benzene rings is 1. The number of ether oxygens (including phenoxy) is 1. The smallest absolute Gasteiger partial charge is 0.126 e. The second-order valence-electron chi connectivity index (χ2n) is 5.83. The molecule has 0 radical (unpaired) electrons. The first-order valence-electron chi connectivity index (χ1n) is 7.11. The molecule has 0 aliphatic rings. The third-order valence-corrected chi connectivity index (χ3v) is 4.75. The number of rotatable bonds is 6. The summed E-state index contributed by atoms with van der Waals surface area (Å²) in [5.74, 6) is 6.81. The Labute approximate surface area is 123 Å². The Bertz CT molecular complexity index is 459. The number of hydrazine groups is 1. The molecule has 0 heterocycles. The van der Waals surface area contributed by atoms with Crippen molar-refractivity contribution >= 4 is 0 Å². The summed E-state index contributed by atoms with van der Waals surface area (Å²) in [6.45, 7) is 8.58. The maximum absolute atomic E-state index is 5.88. The van der Waals surface area contributed by atoms with Crippen LogP contribution in [0.2, 0.25) is 0 Å². The van der Waals surface area contributed by atoms with Gasteiger partial charge in [-0.25, -0.2) is 0 Å². The summed E-state index contributed by atoms with van der Waals surface area (Å²) in [5.41, 5.74) is 6.40. The highest BCUT2D eigenvalue weighted by Gasteiger charge is 2.37. The Morgan fingerprint density at radius 3 is 2.35 bits per heavy atom. The van der Waals surface area contributed by atoms with Crippen LogP contribution >= 0.6 is 0 Å². The normalized spacial score (nSPS) is 16.1. The second kappa shape index (κ2) is 6.57. The highest BCUT2D eigenvalue weighted by Crippen LogP contribution is 2.38. The number of likely N-dealkylation sites (N-methyl/N-ethyl adjacent to an activating group) is 1. The van der Waals surface area contributed by atoms with Crippen molar-refractivity contribution in [2.45, 2.75) is 45.7 Å². The maximum Gasteiger partial charge on any atom is 0.126 e. The molecule has 0 saturated carbocycles. The summed E-state index contributed by atoms with van der Waals surface area (Å²) < 4.78 is 5.65. The predicted octanol–water partition coefficient (Wildman–Crippen LogP) is 2.55. The van der Waals surface area contributed by atoms with Crippen LogP contribution in [0.1, 0.15) is 43.0 Å². The highest BCUT2D eigenvalue weighted by molar-refractivity contribution is 5.47. The first-order chi connectivity index (χ1) is 9.33. The molecule has 0 aliphatic heterocycles. The molecule has 0 bridgehead atoms. The van der Waals surface area contributed by atoms with Gasteiger partial charge in [0.15, 0.2) is 0 Å². The van der Waals surface area contributed by atoms with Gasteiger partial charge < -0.3 is 9.64 Å². The first kappa shape index (κ1) is 17.0. The average molecular weight is 279 g/mol. The number of nitrogens with two attached hydrogens (primary N) is 1. The van der Waals surface area contributed by atoms with E-state index < -0.39 is 0 Å². The summed E-state index contributed by atoms with van der Waals surface area (Å²) in [4.78, 5) is 2.21. The lowest BCUT2D eigenvalue weighted by atomic mass is 9.82. The molecular formula is C16H29N3O. The van der Waals surface area contributed by atoms with Gasteiger partial charge in [0.2, 0.25) is 0 Å². The zero-order chi connectivity index (χ0) is 15.5. The molecule has 1 aromatic rings. The van der Waals surface area contributed by atoms with Crippen molar-refractivity contribution in [3.63, 3.8) is 0 Å². The van der Waals surface area contributed by atoms with Crippen LogP contribution in [0, 0.1) is 13.8 Å². The Balaban J connectivity index is 3.43. The van der Waals surface area contributed by atoms with Crippen molar-refractivity contribution in [2.75, 3.05) is 21.2 Å². The van der Waals surface area contributed by atoms with Gasteiger partial charge in [-0.05, 0) is 52.4 Å². The van der Waals surface area contributed by atoms with Gasteiger partial charge >= 0.3 is 0 Å². The van der Waals surface area contributed by atoms with Crippen LogP contribution < -0.4 is 16.0 Å². The minimum atomic E-state index is -0.0935. The summed E-state index contributed by atoms with van der Waals surface area (Å²) in [6, 6.07) is 4.24. The van der Waals surface area contributed by atoms with Crippen molar-refractivity contribution in [3.8, 4) is 5.75 Å². The quantitative estimate of drug-likeness (QED) is 0.620. The molecule has 0 spiro atoms. The summed E-state index contributed by atoms with van der Waals surface area (Å²) in [6.07, 6.45) is 0.977. The Morgan fingerprint density at radius 2 is 1.95 bits per heavy atom. The van der Waals surface area contributed by atoms with E-state index >= 15 is 0 Å². The molecule has 0 aromatic heterocycles. The van der Waals surface area contributed by atoms with Gasteiger partial charge in [0, 0.05) is 11.1 Å². The number of aryl methyl sites for hydroxylation is 1. The van der Waals surface area contributed by atoms with E-state index in [9.17, 15) is 0 Å². The molecule has 3 N–H and O–H groups in total. The number of methoxy groups -OCH3 is 1. The largest absolute Gasteiger partial charge is 0.496 e. The molecule has 114 valence electrons. The van der Waals surface area contributed by atoms with E-state index in [1.807, 2.05) is 0 Å². The van der Waals surface area contributed by atoms with Crippen molar-refractivity contribution in [2.24, 2.45) is 5.84 Å². The summed E-state index contributed by atoms with van der Waals surface area (Å²) in [7, 11) is 5.89. The van der Waals surface area contributed by atoms with Crippen LogP contribution in [-0.4, -0.2) is 31.6 Å². The zero-order valence-electron chi connectivity index (χ0n) is 13.9. The van der Waals surface area contributed by atoms with Gasteiger partial charge in [0.05, 0.1) is 13.2 Å². The minimum absolute atomic E-state index is 0.00301. The Kier molecular flexibility index (Phi) is 5.57. The van der Waals surface area contributed by atoms with Crippen molar-refractivity contribution in [1.29, 1.82) is 0 Å². The number of hydrogen-bond donors (Lipinski definition) is 2. The zero-order valence-corrected chi connectivity index (χ0v) is 13.9. The molecule has 0 fully saturated rings. The summed E-state index contributed by atoms with van der Waals surface area (Å²) in [5, 5.41) is 0. The van der Waals surface area contributed by atoms with Crippen LogP contribution in [0.5, 0.6) is 5.75 Å². The molecule has 4 nitrogen and oxygen atoms in total. The molecule has 20 heavy (non-hydrogen) atoms.